The van der Waals surface area contributed by atoms with Crippen molar-refractivity contribution >= 4 is 22.7 Å². The summed E-state index contributed by atoms with van der Waals surface area (Å²) < 4.78 is 19.4. The highest BCUT2D eigenvalue weighted by Gasteiger charge is 2.26. The molecule has 0 fully saturated rings. The summed E-state index contributed by atoms with van der Waals surface area (Å²) in [5.41, 5.74) is 5.50. The Morgan fingerprint density at radius 1 is 0.605 bits per heavy atom. The van der Waals surface area contributed by atoms with E-state index in [-0.39, 0.29) is 0 Å². The second kappa shape index (κ2) is 9.94. The van der Waals surface area contributed by atoms with Crippen LogP contribution >= 0.6 is 0 Å². The minimum absolute atomic E-state index is 0.426. The molecule has 38 heavy (non-hydrogen) atoms. The van der Waals surface area contributed by atoms with Crippen LogP contribution < -0.4 is 4.74 Å². The van der Waals surface area contributed by atoms with Gasteiger partial charge in [0.1, 0.15) is 5.75 Å². The van der Waals surface area contributed by atoms with Gasteiger partial charge in [-0.3, -0.25) is 9.35 Å². The molecule has 3 aromatic carbocycles. The third-order valence-electron chi connectivity index (χ3n) is 6.88. The molecule has 0 N–H and O–H groups in total. The minimum Gasteiger partial charge on any atom is -0.497 e. The first kappa shape index (κ1) is 24.9. The highest BCUT2D eigenvalue weighted by Crippen LogP contribution is 2.34. The molecule has 0 aliphatic heterocycles. The number of carbonyl (C=O) groups is 2. The van der Waals surface area contributed by atoms with Gasteiger partial charge in [0, 0.05) is 11.1 Å². The molecule has 0 spiro atoms. The zero-order chi connectivity index (χ0) is 27.0. The molecule has 0 radical (unpaired) electrons. The Bertz CT molecular complexity index is 1670. The Kier molecular flexibility index (Phi) is 6.51. The van der Waals surface area contributed by atoms with Crippen LogP contribution in [0, 0.1) is 13.8 Å². The Labute approximate surface area is 220 Å². The van der Waals surface area contributed by atoms with E-state index in [0.717, 1.165) is 39.0 Å². The highest BCUT2D eigenvalue weighted by molar-refractivity contribution is 5.95. The van der Waals surface area contributed by atoms with Gasteiger partial charge < -0.3 is 14.2 Å². The fourth-order valence-electron chi connectivity index (χ4n) is 4.86. The van der Waals surface area contributed by atoms with Gasteiger partial charge in [-0.25, -0.2) is 9.59 Å². The molecule has 0 saturated carbocycles. The van der Waals surface area contributed by atoms with Crippen LogP contribution in [0.5, 0.6) is 5.75 Å². The fraction of sp³-hybridized carbons (Fsp3) is 0.161. The molecule has 0 aliphatic rings. The van der Waals surface area contributed by atoms with Crippen LogP contribution in [-0.2, 0) is 9.47 Å². The second-order valence-electron chi connectivity index (χ2n) is 8.95. The molecule has 7 nitrogen and oxygen atoms in total. The molecule has 192 valence electrons. The maximum absolute atomic E-state index is 12.8. The van der Waals surface area contributed by atoms with Gasteiger partial charge in [0.15, 0.2) is 0 Å². The second-order valence-corrected chi connectivity index (χ2v) is 8.95. The van der Waals surface area contributed by atoms with Crippen LogP contribution in [0.3, 0.4) is 0 Å². The SMILES string of the molecule is COC(=O)c1cc(-c2ccc(OC)cc2)n(-n2c(-c3ccc4ccccc4c3)cc(C(=O)OC)c2C)c1C. The van der Waals surface area contributed by atoms with Crippen LogP contribution in [0.2, 0.25) is 0 Å². The number of rotatable bonds is 6. The molecule has 0 amide bonds. The Hall–Kier alpha value is -4.78. The Morgan fingerprint density at radius 2 is 1.11 bits per heavy atom. The monoisotopic (exact) mass is 508 g/mol. The lowest BCUT2D eigenvalue weighted by Crippen LogP contribution is -2.17. The predicted molar refractivity (Wildman–Crippen MR) is 147 cm³/mol. The standard InChI is InChI=1S/C31H28N2O5/c1-19-26(30(34)37-4)17-28(22-12-14-25(36-3)15-13-22)32(19)33-20(2)27(31(35)38-5)18-29(33)24-11-10-21-8-6-7-9-23(21)16-24/h6-18H,1-5H3. The number of aromatic nitrogens is 2. The molecule has 0 unspecified atom stereocenters. The lowest BCUT2D eigenvalue weighted by Gasteiger charge is -2.20. The van der Waals surface area contributed by atoms with Crippen molar-refractivity contribution in [1.29, 1.82) is 0 Å². The largest absolute Gasteiger partial charge is 0.497 e. The Balaban J connectivity index is 1.84. The highest BCUT2D eigenvalue weighted by atomic mass is 16.5. The number of benzene rings is 3. The summed E-state index contributed by atoms with van der Waals surface area (Å²) in [7, 11) is 4.35. The predicted octanol–water partition coefficient (Wildman–Crippen LogP) is 6.29. The normalized spacial score (nSPS) is 11.0. The van der Waals surface area contributed by atoms with Gasteiger partial charge in [-0.15, -0.1) is 0 Å². The summed E-state index contributed by atoms with van der Waals surface area (Å²) in [6.07, 6.45) is 0. The Morgan fingerprint density at radius 3 is 1.63 bits per heavy atom. The number of hydrogen-bond donors (Lipinski definition) is 0. The molecule has 7 heteroatoms. The van der Waals surface area contributed by atoms with Gasteiger partial charge in [0.05, 0.1) is 55.2 Å². The van der Waals surface area contributed by atoms with E-state index < -0.39 is 11.9 Å². The van der Waals surface area contributed by atoms with E-state index in [1.165, 1.54) is 14.2 Å². The number of methoxy groups -OCH3 is 3. The van der Waals surface area contributed by atoms with E-state index in [1.807, 2.05) is 77.8 Å². The molecule has 5 aromatic rings. The maximum Gasteiger partial charge on any atom is 0.339 e. The molecule has 2 aromatic heterocycles. The van der Waals surface area contributed by atoms with Crippen LogP contribution in [0.1, 0.15) is 32.1 Å². The van der Waals surface area contributed by atoms with Crippen LogP contribution in [0.15, 0.2) is 78.9 Å². The molecule has 0 atom stereocenters. The van der Waals surface area contributed by atoms with Crippen molar-refractivity contribution in [3.63, 3.8) is 0 Å². The molecule has 0 bridgehead atoms. The van der Waals surface area contributed by atoms with E-state index in [0.29, 0.717) is 22.5 Å². The molecular formula is C31H28N2O5. The zero-order valence-corrected chi connectivity index (χ0v) is 21.9. The average Bonchev–Trinajstić information content (AvgIpc) is 3.47. The first-order chi connectivity index (χ1) is 18.4. The molecule has 5 rings (SSSR count). The topological polar surface area (TPSA) is 71.7 Å². The maximum atomic E-state index is 12.8. The molecule has 0 saturated heterocycles. The van der Waals surface area contributed by atoms with Crippen molar-refractivity contribution in [3.05, 3.63) is 101 Å². The summed E-state index contributed by atoms with van der Waals surface area (Å²) in [5, 5.41) is 2.19. The minimum atomic E-state index is -0.443. The molecule has 0 aliphatic carbocycles. The summed E-state index contributed by atoms with van der Waals surface area (Å²) >= 11 is 0. The van der Waals surface area contributed by atoms with E-state index >= 15 is 0 Å². The number of fused-ring (bicyclic) bond motifs is 1. The number of nitrogens with zero attached hydrogens (tertiary/aromatic N) is 2. The van der Waals surface area contributed by atoms with Crippen molar-refractivity contribution in [2.24, 2.45) is 0 Å². The fourth-order valence-corrected chi connectivity index (χ4v) is 4.86. The summed E-state index contributed by atoms with van der Waals surface area (Å²) in [6.45, 7) is 3.73. The number of ether oxygens (including phenoxy) is 3. The quantitative estimate of drug-likeness (QED) is 0.252. The summed E-state index contributed by atoms with van der Waals surface area (Å²) in [5.74, 6) is -0.160. The van der Waals surface area contributed by atoms with Gasteiger partial charge in [-0.2, -0.15) is 0 Å². The third kappa shape index (κ3) is 4.12. The van der Waals surface area contributed by atoms with E-state index in [1.54, 1.807) is 7.11 Å². The summed E-state index contributed by atoms with van der Waals surface area (Å²) in [4.78, 5) is 25.6. The van der Waals surface area contributed by atoms with Gasteiger partial charge in [0.2, 0.25) is 0 Å². The number of hydrogen-bond acceptors (Lipinski definition) is 5. The van der Waals surface area contributed by atoms with Crippen LogP contribution in [0.25, 0.3) is 33.3 Å². The lowest BCUT2D eigenvalue weighted by atomic mass is 10.0. The summed E-state index contributed by atoms with van der Waals surface area (Å²) in [6, 6.07) is 25.5. The van der Waals surface area contributed by atoms with E-state index in [4.69, 9.17) is 14.2 Å². The first-order valence-electron chi connectivity index (χ1n) is 12.1. The number of esters is 2. The number of carbonyl (C=O) groups excluding carboxylic acids is 2. The average molecular weight is 509 g/mol. The molecular weight excluding hydrogens is 480 g/mol. The van der Waals surface area contributed by atoms with Crippen molar-refractivity contribution in [2.45, 2.75) is 13.8 Å². The van der Waals surface area contributed by atoms with Gasteiger partial charge >= 0.3 is 11.9 Å². The van der Waals surface area contributed by atoms with Crippen molar-refractivity contribution in [2.75, 3.05) is 21.3 Å². The van der Waals surface area contributed by atoms with Gasteiger partial charge in [0.25, 0.3) is 0 Å². The lowest BCUT2D eigenvalue weighted by molar-refractivity contribution is 0.0590. The van der Waals surface area contributed by atoms with E-state index in [9.17, 15) is 9.59 Å². The van der Waals surface area contributed by atoms with E-state index in [2.05, 4.69) is 24.3 Å². The van der Waals surface area contributed by atoms with Crippen molar-refractivity contribution in [1.82, 2.24) is 9.35 Å². The third-order valence-corrected chi connectivity index (χ3v) is 6.88. The van der Waals surface area contributed by atoms with Gasteiger partial charge in [-0.1, -0.05) is 36.4 Å². The smallest absolute Gasteiger partial charge is 0.339 e. The zero-order valence-electron chi connectivity index (χ0n) is 21.9. The first-order valence-corrected chi connectivity index (χ1v) is 12.1. The van der Waals surface area contributed by atoms with Gasteiger partial charge in [-0.05, 0) is 67.1 Å². The van der Waals surface area contributed by atoms with Crippen molar-refractivity contribution < 1.29 is 23.8 Å². The van der Waals surface area contributed by atoms with Crippen LogP contribution in [-0.4, -0.2) is 42.6 Å². The van der Waals surface area contributed by atoms with Crippen LogP contribution in [0.4, 0.5) is 0 Å². The van der Waals surface area contributed by atoms with Crippen molar-refractivity contribution in [3.8, 4) is 28.3 Å². The molecule has 2 heterocycles.